The van der Waals surface area contributed by atoms with Crippen LogP contribution < -0.4 is 4.90 Å². The van der Waals surface area contributed by atoms with Crippen molar-refractivity contribution >= 4 is 55.6 Å². The van der Waals surface area contributed by atoms with Crippen LogP contribution in [0.3, 0.4) is 0 Å². The predicted octanol–water partition coefficient (Wildman–Crippen LogP) is 3.68. The van der Waals surface area contributed by atoms with Crippen LogP contribution in [0.15, 0.2) is 40.7 Å². The third-order valence-electron chi connectivity index (χ3n) is 5.19. The minimum atomic E-state index is -3.53. The van der Waals surface area contributed by atoms with Gasteiger partial charge in [-0.25, -0.2) is 13.4 Å². The van der Waals surface area contributed by atoms with Gasteiger partial charge in [-0.2, -0.15) is 4.31 Å². The van der Waals surface area contributed by atoms with Crippen LogP contribution in [-0.4, -0.2) is 47.6 Å². The minimum absolute atomic E-state index is 0.186. The number of imidazole rings is 1. The van der Waals surface area contributed by atoms with Gasteiger partial charge in [0.2, 0.25) is 10.0 Å². The first-order valence-corrected chi connectivity index (χ1v) is 12.3. The van der Waals surface area contributed by atoms with E-state index < -0.39 is 10.0 Å². The lowest BCUT2D eigenvalue weighted by atomic mass is 10.2. The molecule has 3 aromatic rings. The van der Waals surface area contributed by atoms with Crippen molar-refractivity contribution in [2.75, 3.05) is 24.5 Å². The molecule has 1 amide bonds. The van der Waals surface area contributed by atoms with Crippen molar-refractivity contribution in [3.05, 3.63) is 52.3 Å². The maximum Gasteiger partial charge on any atom is 0.251 e. The molecule has 158 valence electrons. The van der Waals surface area contributed by atoms with Crippen LogP contribution in [0.5, 0.6) is 0 Å². The molecule has 0 saturated heterocycles. The van der Waals surface area contributed by atoms with Gasteiger partial charge in [-0.1, -0.05) is 25.4 Å². The van der Waals surface area contributed by atoms with Crippen LogP contribution in [0, 0.1) is 0 Å². The van der Waals surface area contributed by atoms with Gasteiger partial charge in [0.1, 0.15) is 0 Å². The monoisotopic (exact) mass is 464 g/mol. The number of hydrogen-bond acceptors (Lipinski definition) is 5. The lowest BCUT2D eigenvalue weighted by molar-refractivity contribution is -0.114. The number of carbonyl (C=O) groups excluding carboxylic acids is 1. The van der Waals surface area contributed by atoms with E-state index in [9.17, 15) is 13.2 Å². The van der Waals surface area contributed by atoms with Gasteiger partial charge in [-0.15, -0.1) is 11.3 Å². The molecule has 0 aliphatic carbocycles. The highest BCUT2D eigenvalue weighted by Crippen LogP contribution is 2.31. The minimum Gasteiger partial charge on any atom is -0.308 e. The third-order valence-corrected chi connectivity index (χ3v) is 8.27. The number of aromatic nitrogens is 2. The molecule has 3 heterocycles. The molecule has 1 aliphatic rings. The van der Waals surface area contributed by atoms with Gasteiger partial charge in [0, 0.05) is 43.0 Å². The van der Waals surface area contributed by atoms with Gasteiger partial charge in [0.15, 0.2) is 10.1 Å². The summed E-state index contributed by atoms with van der Waals surface area (Å²) in [5.74, 6) is -0.186. The highest BCUT2D eigenvalue weighted by Gasteiger charge is 2.27. The molecule has 0 N–H and O–H groups in total. The summed E-state index contributed by atoms with van der Waals surface area (Å²) in [6, 6.07) is 4.97. The summed E-state index contributed by atoms with van der Waals surface area (Å²) in [7, 11) is -3.53. The first-order valence-electron chi connectivity index (χ1n) is 9.60. The Hall–Kier alpha value is -2.20. The Balaban J connectivity index is 1.58. The number of rotatable bonds is 6. The van der Waals surface area contributed by atoms with Gasteiger partial charge in [0.25, 0.3) is 5.91 Å². The molecule has 0 spiro atoms. The van der Waals surface area contributed by atoms with E-state index >= 15 is 0 Å². The second-order valence-corrected chi connectivity index (χ2v) is 9.97. The fourth-order valence-corrected chi connectivity index (χ4v) is 6.16. The molecule has 0 bridgehead atoms. The summed E-state index contributed by atoms with van der Waals surface area (Å²) >= 11 is 7.65. The van der Waals surface area contributed by atoms with E-state index in [1.165, 1.54) is 21.7 Å². The molecule has 0 unspecified atom stereocenters. The maximum atomic E-state index is 12.8. The van der Waals surface area contributed by atoms with Crippen LogP contribution in [0.25, 0.3) is 11.0 Å². The number of nitrogens with zero attached hydrogens (tertiary/aromatic N) is 4. The Kier molecular flexibility index (Phi) is 5.71. The van der Waals surface area contributed by atoms with Gasteiger partial charge in [-0.05, 0) is 36.3 Å². The van der Waals surface area contributed by atoms with E-state index in [1.807, 2.05) is 29.8 Å². The normalized spacial score (nSPS) is 14.3. The zero-order chi connectivity index (χ0) is 21.5. The summed E-state index contributed by atoms with van der Waals surface area (Å²) in [5.41, 5.74) is 2.25. The highest BCUT2D eigenvalue weighted by molar-refractivity contribution is 7.89. The molecular weight excluding hydrogens is 444 g/mol. The predicted molar refractivity (Wildman–Crippen MR) is 120 cm³/mol. The van der Waals surface area contributed by atoms with E-state index in [0.29, 0.717) is 36.9 Å². The number of amides is 1. The lowest BCUT2D eigenvalue weighted by Gasteiger charge is -2.19. The van der Waals surface area contributed by atoms with E-state index in [0.717, 1.165) is 16.2 Å². The fourth-order valence-electron chi connectivity index (χ4n) is 3.65. The highest BCUT2D eigenvalue weighted by atomic mass is 35.5. The van der Waals surface area contributed by atoms with E-state index in [1.54, 1.807) is 29.2 Å². The van der Waals surface area contributed by atoms with Crippen molar-refractivity contribution in [3.63, 3.8) is 0 Å². The molecule has 0 fully saturated rings. The fraction of sp³-hybridized carbons (Fsp3) is 0.300. The number of fused-ring (bicyclic) bond motifs is 2. The lowest BCUT2D eigenvalue weighted by Crippen LogP contribution is -2.30. The van der Waals surface area contributed by atoms with Crippen LogP contribution in [0.4, 0.5) is 5.69 Å². The molecule has 0 atom stereocenters. The molecule has 0 saturated carbocycles. The molecule has 0 radical (unpaired) electrons. The van der Waals surface area contributed by atoms with Crippen molar-refractivity contribution in [1.82, 2.24) is 13.7 Å². The SMILES string of the molecule is CCN(CC)S(=O)(=O)c1ccc2c(c1)CCN2C(=O)/C=C/c1c(Cl)nc2sccn12. The summed E-state index contributed by atoms with van der Waals surface area (Å²) in [6.07, 6.45) is 5.60. The second kappa shape index (κ2) is 8.14. The van der Waals surface area contributed by atoms with Crippen LogP contribution in [-0.2, 0) is 21.2 Å². The van der Waals surface area contributed by atoms with Crippen LogP contribution in [0.2, 0.25) is 5.15 Å². The quantitative estimate of drug-likeness (QED) is 0.521. The first kappa shape index (κ1) is 21.0. The first-order chi connectivity index (χ1) is 14.4. The Morgan fingerprint density at radius 2 is 2.10 bits per heavy atom. The molecule has 1 aromatic carbocycles. The number of halogens is 1. The number of thiazole rings is 1. The topological polar surface area (TPSA) is 75.0 Å². The number of hydrogen-bond donors (Lipinski definition) is 0. The van der Waals surface area contributed by atoms with Gasteiger partial charge >= 0.3 is 0 Å². The summed E-state index contributed by atoms with van der Waals surface area (Å²) in [4.78, 5) is 19.8. The van der Waals surface area contributed by atoms with Crippen LogP contribution >= 0.6 is 22.9 Å². The molecule has 30 heavy (non-hydrogen) atoms. The average molecular weight is 465 g/mol. The van der Waals surface area contributed by atoms with Gasteiger partial charge < -0.3 is 4.90 Å². The zero-order valence-electron chi connectivity index (χ0n) is 16.6. The zero-order valence-corrected chi connectivity index (χ0v) is 19.0. The second-order valence-electron chi connectivity index (χ2n) is 6.80. The summed E-state index contributed by atoms with van der Waals surface area (Å²) in [5, 5.41) is 2.25. The van der Waals surface area contributed by atoms with Crippen molar-refractivity contribution in [2.45, 2.75) is 25.2 Å². The Morgan fingerprint density at radius 1 is 1.33 bits per heavy atom. The van der Waals surface area contributed by atoms with Gasteiger partial charge in [0.05, 0.1) is 10.6 Å². The Bertz CT molecular complexity index is 1240. The smallest absolute Gasteiger partial charge is 0.251 e. The van der Waals surface area contributed by atoms with Crippen LogP contribution in [0.1, 0.15) is 25.1 Å². The Morgan fingerprint density at radius 3 is 2.83 bits per heavy atom. The van der Waals surface area contributed by atoms with Crippen molar-refractivity contribution in [2.24, 2.45) is 0 Å². The third kappa shape index (κ3) is 3.56. The van der Waals surface area contributed by atoms with E-state index in [4.69, 9.17) is 11.6 Å². The largest absolute Gasteiger partial charge is 0.308 e. The molecule has 4 rings (SSSR count). The molecule has 2 aromatic heterocycles. The number of anilines is 1. The number of benzene rings is 1. The number of sulfonamides is 1. The van der Waals surface area contributed by atoms with Gasteiger partial charge in [-0.3, -0.25) is 9.20 Å². The maximum absolute atomic E-state index is 12.8. The Labute approximate surface area is 184 Å². The standard InChI is InChI=1S/C20H21ClN4O3S2/c1-3-23(4-2)30(27,28)15-5-6-16-14(13-15)9-10-24(16)18(26)8-7-17-19(21)22-20-25(17)11-12-29-20/h5-8,11-13H,3-4,9-10H2,1-2H3/b8-7+. The van der Waals surface area contributed by atoms with Crippen molar-refractivity contribution < 1.29 is 13.2 Å². The summed E-state index contributed by atoms with van der Waals surface area (Å²) in [6.45, 7) is 4.97. The molecule has 1 aliphatic heterocycles. The number of carbonyl (C=O) groups is 1. The van der Waals surface area contributed by atoms with Crippen molar-refractivity contribution in [1.29, 1.82) is 0 Å². The molecular formula is C20H21ClN4O3S2. The van der Waals surface area contributed by atoms with Crippen molar-refractivity contribution in [3.8, 4) is 0 Å². The summed E-state index contributed by atoms with van der Waals surface area (Å²) < 4.78 is 28.8. The average Bonchev–Trinajstić information content (AvgIpc) is 3.41. The van der Waals surface area contributed by atoms with E-state index in [2.05, 4.69) is 4.98 Å². The molecule has 7 nitrogen and oxygen atoms in total. The molecule has 10 heteroatoms. The van der Waals surface area contributed by atoms with E-state index in [-0.39, 0.29) is 10.8 Å².